The number of carbonyl (C=O) groups excluding carboxylic acids is 1. The zero-order chi connectivity index (χ0) is 13.8. The lowest BCUT2D eigenvalue weighted by Crippen LogP contribution is -2.62. The maximum absolute atomic E-state index is 11.7. The second-order valence-corrected chi connectivity index (χ2v) is 5.50. The predicted octanol–water partition coefficient (Wildman–Crippen LogP) is 0.959. The number of nitrogens with zero attached hydrogens (tertiary/aromatic N) is 1. The van der Waals surface area contributed by atoms with Crippen LogP contribution in [0.4, 0.5) is 4.79 Å². The molecular weight excluding hydrogens is 254 g/mol. The molecule has 2 saturated heterocycles. The van der Waals surface area contributed by atoms with Gasteiger partial charge in [-0.15, -0.1) is 0 Å². The lowest BCUT2D eigenvalue weighted by atomic mass is 10.1. The number of benzene rings is 1. The quantitative estimate of drug-likeness (QED) is 0.859. The number of carbonyl (C=O) groups is 1. The van der Waals surface area contributed by atoms with Gasteiger partial charge in [0, 0.05) is 25.7 Å². The van der Waals surface area contributed by atoms with Gasteiger partial charge in [0.2, 0.25) is 0 Å². The third-order valence-electron chi connectivity index (χ3n) is 4.00. The van der Waals surface area contributed by atoms with Crippen molar-refractivity contribution in [3.05, 3.63) is 35.9 Å². The third kappa shape index (κ3) is 3.29. The van der Waals surface area contributed by atoms with Crippen molar-refractivity contribution in [2.24, 2.45) is 0 Å². The van der Waals surface area contributed by atoms with Crippen molar-refractivity contribution in [3.8, 4) is 0 Å². The summed E-state index contributed by atoms with van der Waals surface area (Å²) < 4.78 is 5.21. The molecule has 2 heterocycles. The molecular formula is C15H21N3O2. The van der Waals surface area contributed by atoms with Crippen LogP contribution in [0.3, 0.4) is 0 Å². The van der Waals surface area contributed by atoms with E-state index < -0.39 is 0 Å². The van der Waals surface area contributed by atoms with Gasteiger partial charge >= 0.3 is 6.09 Å². The van der Waals surface area contributed by atoms with E-state index in [0.29, 0.717) is 12.6 Å². The first-order valence-corrected chi connectivity index (χ1v) is 7.23. The third-order valence-corrected chi connectivity index (χ3v) is 4.00. The minimum atomic E-state index is -0.317. The van der Waals surface area contributed by atoms with Crippen LogP contribution in [0, 0.1) is 0 Å². The van der Waals surface area contributed by atoms with Crippen LogP contribution in [0.25, 0.3) is 0 Å². The second-order valence-electron chi connectivity index (χ2n) is 5.50. The van der Waals surface area contributed by atoms with E-state index in [1.165, 1.54) is 6.42 Å². The Bertz CT molecular complexity index is 440. The van der Waals surface area contributed by atoms with Crippen LogP contribution in [0.15, 0.2) is 30.3 Å². The van der Waals surface area contributed by atoms with Crippen molar-refractivity contribution >= 4 is 6.09 Å². The highest BCUT2D eigenvalue weighted by atomic mass is 16.5. The first-order valence-electron chi connectivity index (χ1n) is 7.23. The Hall–Kier alpha value is -1.59. The molecule has 0 radical (unpaired) electrons. The van der Waals surface area contributed by atoms with Gasteiger partial charge in [-0.2, -0.15) is 0 Å². The van der Waals surface area contributed by atoms with Gasteiger partial charge in [0.15, 0.2) is 0 Å². The minimum absolute atomic E-state index is 0.235. The number of hydrogen-bond donors (Lipinski definition) is 2. The van der Waals surface area contributed by atoms with Crippen molar-refractivity contribution in [3.63, 3.8) is 0 Å². The zero-order valence-electron chi connectivity index (χ0n) is 11.5. The van der Waals surface area contributed by atoms with Crippen molar-refractivity contribution in [1.29, 1.82) is 0 Å². The predicted molar refractivity (Wildman–Crippen MR) is 76.4 cm³/mol. The Morgan fingerprint density at radius 1 is 1.35 bits per heavy atom. The van der Waals surface area contributed by atoms with Crippen LogP contribution in [-0.4, -0.2) is 49.3 Å². The summed E-state index contributed by atoms with van der Waals surface area (Å²) >= 11 is 0. The van der Waals surface area contributed by atoms with E-state index >= 15 is 0 Å². The summed E-state index contributed by atoms with van der Waals surface area (Å²) in [6.45, 7) is 4.39. The van der Waals surface area contributed by atoms with Crippen LogP contribution < -0.4 is 10.6 Å². The lowest BCUT2D eigenvalue weighted by Gasteiger charge is -2.42. The van der Waals surface area contributed by atoms with E-state index in [2.05, 4.69) is 15.5 Å². The molecule has 2 N–H and O–H groups in total. The average molecular weight is 275 g/mol. The van der Waals surface area contributed by atoms with E-state index in [1.54, 1.807) is 0 Å². The molecule has 0 spiro atoms. The standard InChI is InChI=1S/C15H21N3O2/c19-15(20-11-12-4-2-1-3-5-12)17-13-9-18(10-13)14-6-7-16-8-14/h1-5,13-14,16H,6-11H2,(H,17,19). The number of ether oxygens (including phenoxy) is 1. The van der Waals surface area contributed by atoms with E-state index in [4.69, 9.17) is 4.74 Å². The van der Waals surface area contributed by atoms with Gasteiger partial charge in [0.1, 0.15) is 6.61 Å². The first kappa shape index (κ1) is 13.4. The fourth-order valence-electron chi connectivity index (χ4n) is 2.78. The van der Waals surface area contributed by atoms with Crippen molar-refractivity contribution in [2.45, 2.75) is 25.1 Å². The summed E-state index contributed by atoms with van der Waals surface area (Å²) in [5.41, 5.74) is 1.01. The zero-order valence-corrected chi connectivity index (χ0v) is 11.5. The summed E-state index contributed by atoms with van der Waals surface area (Å²) in [5.74, 6) is 0. The van der Waals surface area contributed by atoms with E-state index in [0.717, 1.165) is 31.7 Å². The number of amides is 1. The van der Waals surface area contributed by atoms with Crippen molar-refractivity contribution < 1.29 is 9.53 Å². The monoisotopic (exact) mass is 275 g/mol. The van der Waals surface area contributed by atoms with Crippen LogP contribution in [0.2, 0.25) is 0 Å². The summed E-state index contributed by atoms with van der Waals surface area (Å²) in [6, 6.07) is 10.6. The fourth-order valence-corrected chi connectivity index (χ4v) is 2.78. The molecule has 1 aromatic carbocycles. The molecule has 20 heavy (non-hydrogen) atoms. The molecule has 108 valence electrons. The van der Waals surface area contributed by atoms with Gasteiger partial charge in [-0.05, 0) is 18.5 Å². The van der Waals surface area contributed by atoms with E-state index in [9.17, 15) is 4.79 Å². The van der Waals surface area contributed by atoms with Gasteiger partial charge in [-0.3, -0.25) is 4.90 Å². The van der Waals surface area contributed by atoms with E-state index in [-0.39, 0.29) is 12.1 Å². The van der Waals surface area contributed by atoms with Gasteiger partial charge in [0.05, 0.1) is 6.04 Å². The Labute approximate surface area is 119 Å². The highest BCUT2D eigenvalue weighted by molar-refractivity contribution is 5.67. The van der Waals surface area contributed by atoms with Crippen LogP contribution in [-0.2, 0) is 11.3 Å². The highest BCUT2D eigenvalue weighted by Gasteiger charge is 2.34. The fraction of sp³-hybridized carbons (Fsp3) is 0.533. The van der Waals surface area contributed by atoms with Gasteiger partial charge < -0.3 is 15.4 Å². The van der Waals surface area contributed by atoms with Crippen LogP contribution in [0.5, 0.6) is 0 Å². The lowest BCUT2D eigenvalue weighted by molar-refractivity contribution is 0.0725. The summed E-state index contributed by atoms with van der Waals surface area (Å²) in [5, 5.41) is 6.28. The molecule has 0 aromatic heterocycles. The topological polar surface area (TPSA) is 53.6 Å². The number of likely N-dealkylation sites (tertiary alicyclic amines) is 1. The Morgan fingerprint density at radius 2 is 2.15 bits per heavy atom. The van der Waals surface area contributed by atoms with E-state index in [1.807, 2.05) is 30.3 Å². The average Bonchev–Trinajstić information content (AvgIpc) is 2.95. The maximum atomic E-state index is 11.7. The van der Waals surface area contributed by atoms with Crippen molar-refractivity contribution in [2.75, 3.05) is 26.2 Å². The molecule has 0 bridgehead atoms. The molecule has 1 amide bonds. The van der Waals surface area contributed by atoms with Gasteiger partial charge in [-0.1, -0.05) is 30.3 Å². The molecule has 3 rings (SSSR count). The molecule has 1 unspecified atom stereocenters. The number of hydrogen-bond acceptors (Lipinski definition) is 4. The Morgan fingerprint density at radius 3 is 2.85 bits per heavy atom. The summed E-state index contributed by atoms with van der Waals surface area (Å²) in [4.78, 5) is 14.1. The number of alkyl carbamates (subject to hydrolysis) is 1. The minimum Gasteiger partial charge on any atom is -0.445 e. The normalized spacial score (nSPS) is 23.3. The van der Waals surface area contributed by atoms with Gasteiger partial charge in [-0.25, -0.2) is 4.79 Å². The summed E-state index contributed by atoms with van der Waals surface area (Å²) in [7, 11) is 0. The van der Waals surface area contributed by atoms with Crippen molar-refractivity contribution in [1.82, 2.24) is 15.5 Å². The number of rotatable bonds is 4. The van der Waals surface area contributed by atoms with Crippen LogP contribution >= 0.6 is 0 Å². The molecule has 2 fully saturated rings. The van der Waals surface area contributed by atoms with Crippen LogP contribution in [0.1, 0.15) is 12.0 Å². The largest absolute Gasteiger partial charge is 0.445 e. The first-order chi connectivity index (χ1) is 9.81. The Kier molecular flexibility index (Phi) is 4.18. The molecule has 1 aromatic rings. The maximum Gasteiger partial charge on any atom is 0.407 e. The molecule has 0 saturated carbocycles. The van der Waals surface area contributed by atoms with Gasteiger partial charge in [0.25, 0.3) is 0 Å². The molecule has 5 nitrogen and oxygen atoms in total. The SMILES string of the molecule is O=C(NC1CN(C2CCNC2)C1)OCc1ccccc1. The molecule has 2 aliphatic rings. The molecule has 0 aliphatic carbocycles. The highest BCUT2D eigenvalue weighted by Crippen LogP contribution is 2.16. The molecule has 5 heteroatoms. The summed E-state index contributed by atoms with van der Waals surface area (Å²) in [6.07, 6.45) is 0.897. The Balaban J connectivity index is 1.34. The molecule has 1 atom stereocenters. The smallest absolute Gasteiger partial charge is 0.407 e. The second kappa shape index (κ2) is 6.24. The number of nitrogens with one attached hydrogen (secondary N) is 2. The molecule has 2 aliphatic heterocycles.